The number of aryl methyl sites for hydroxylation is 1. The molecular weight excluding hydrogens is 308 g/mol. The van der Waals surface area contributed by atoms with Gasteiger partial charge in [-0.1, -0.05) is 6.07 Å². The summed E-state index contributed by atoms with van der Waals surface area (Å²) in [7, 11) is 0. The summed E-state index contributed by atoms with van der Waals surface area (Å²) in [6.45, 7) is 1.78. The van der Waals surface area contributed by atoms with Crippen LogP contribution < -0.4 is 5.32 Å². The van der Waals surface area contributed by atoms with E-state index in [4.69, 9.17) is 12.2 Å². The number of H-pyrrole nitrogens is 2. The monoisotopic (exact) mass is 319 g/mol. The quantitative estimate of drug-likeness (QED) is 0.624. The molecule has 0 saturated carbocycles. The van der Waals surface area contributed by atoms with E-state index < -0.39 is 17.5 Å². The van der Waals surface area contributed by atoms with E-state index >= 15 is 0 Å². The Morgan fingerprint density at radius 1 is 1.18 bits per heavy atom. The van der Waals surface area contributed by atoms with E-state index in [0.29, 0.717) is 11.0 Å². The summed E-state index contributed by atoms with van der Waals surface area (Å²) in [6.07, 6.45) is 0. The van der Waals surface area contributed by atoms with Crippen LogP contribution in [0.25, 0.3) is 11.0 Å². The number of benzene rings is 2. The lowest BCUT2D eigenvalue weighted by Crippen LogP contribution is -2.14. The van der Waals surface area contributed by atoms with Crippen LogP contribution >= 0.6 is 12.2 Å². The number of rotatable bonds is 2. The molecule has 0 aliphatic rings. The van der Waals surface area contributed by atoms with E-state index in [-0.39, 0.29) is 16.0 Å². The van der Waals surface area contributed by atoms with Gasteiger partial charge in [-0.25, -0.2) is 8.78 Å². The van der Waals surface area contributed by atoms with Gasteiger partial charge in [0.25, 0.3) is 5.91 Å². The highest BCUT2D eigenvalue weighted by molar-refractivity contribution is 7.71. The van der Waals surface area contributed by atoms with Gasteiger partial charge in [0, 0.05) is 0 Å². The molecular formula is C15H11F2N3OS. The summed E-state index contributed by atoms with van der Waals surface area (Å²) in [5, 5.41) is 2.45. The number of anilines is 1. The van der Waals surface area contributed by atoms with Crippen molar-refractivity contribution >= 4 is 34.8 Å². The Morgan fingerprint density at radius 2 is 1.95 bits per heavy atom. The smallest absolute Gasteiger partial charge is 0.258 e. The summed E-state index contributed by atoms with van der Waals surface area (Å²) in [4.78, 5) is 17.9. The Kier molecular flexibility index (Phi) is 3.50. The van der Waals surface area contributed by atoms with Gasteiger partial charge in [0.2, 0.25) is 0 Å². The average molecular weight is 319 g/mol. The van der Waals surface area contributed by atoms with Crippen molar-refractivity contribution in [3.05, 3.63) is 57.9 Å². The summed E-state index contributed by atoms with van der Waals surface area (Å²) in [6, 6.07) is 6.66. The number of nitrogens with one attached hydrogen (secondary N) is 3. The molecule has 3 rings (SSSR count). The SMILES string of the molecule is Cc1ccc(F)c(NC(=O)c2cc(F)cc3[nH]c(=S)[nH]c23)c1. The molecule has 4 nitrogen and oxygen atoms in total. The Morgan fingerprint density at radius 3 is 2.73 bits per heavy atom. The first-order chi connectivity index (χ1) is 10.4. The first-order valence-corrected chi connectivity index (χ1v) is 6.84. The van der Waals surface area contributed by atoms with E-state index in [1.807, 2.05) is 0 Å². The number of hydrogen-bond acceptors (Lipinski definition) is 2. The van der Waals surface area contributed by atoms with E-state index in [1.165, 1.54) is 18.2 Å². The fraction of sp³-hybridized carbons (Fsp3) is 0.0667. The molecule has 0 aliphatic heterocycles. The number of aromatic nitrogens is 2. The molecule has 3 aromatic rings. The van der Waals surface area contributed by atoms with Crippen LogP contribution in [-0.2, 0) is 0 Å². The zero-order chi connectivity index (χ0) is 15.9. The second-order valence-electron chi connectivity index (χ2n) is 4.89. The first kappa shape index (κ1) is 14.4. The molecule has 0 radical (unpaired) electrons. The topological polar surface area (TPSA) is 60.7 Å². The van der Waals surface area contributed by atoms with E-state index in [1.54, 1.807) is 13.0 Å². The number of hydrogen-bond donors (Lipinski definition) is 3. The van der Waals surface area contributed by atoms with Gasteiger partial charge < -0.3 is 15.3 Å². The number of carbonyl (C=O) groups excluding carboxylic acids is 1. The zero-order valence-electron chi connectivity index (χ0n) is 11.5. The van der Waals surface area contributed by atoms with Gasteiger partial charge in [0.05, 0.1) is 22.3 Å². The number of carbonyl (C=O) groups is 1. The Hall–Kier alpha value is -2.54. The van der Waals surface area contributed by atoms with Crippen LogP contribution in [0.15, 0.2) is 30.3 Å². The molecule has 7 heteroatoms. The molecule has 2 aromatic carbocycles. The van der Waals surface area contributed by atoms with Gasteiger partial charge in [-0.2, -0.15) is 0 Å². The third-order valence-electron chi connectivity index (χ3n) is 3.20. The van der Waals surface area contributed by atoms with Crippen molar-refractivity contribution in [3.63, 3.8) is 0 Å². The van der Waals surface area contributed by atoms with Crippen LogP contribution in [0.3, 0.4) is 0 Å². The van der Waals surface area contributed by atoms with Crippen molar-refractivity contribution in [1.82, 2.24) is 9.97 Å². The predicted octanol–water partition coefficient (Wildman–Crippen LogP) is 4.06. The van der Waals surface area contributed by atoms with Gasteiger partial charge >= 0.3 is 0 Å². The average Bonchev–Trinajstić information content (AvgIpc) is 2.81. The molecule has 22 heavy (non-hydrogen) atoms. The molecule has 112 valence electrons. The third-order valence-corrected chi connectivity index (χ3v) is 3.41. The van der Waals surface area contributed by atoms with Gasteiger partial charge in [0.1, 0.15) is 11.6 Å². The maximum Gasteiger partial charge on any atom is 0.258 e. The van der Waals surface area contributed by atoms with Crippen molar-refractivity contribution in [3.8, 4) is 0 Å². The van der Waals surface area contributed by atoms with Crippen molar-refractivity contribution in [2.24, 2.45) is 0 Å². The highest BCUT2D eigenvalue weighted by Gasteiger charge is 2.15. The number of halogens is 2. The van der Waals surface area contributed by atoms with Crippen molar-refractivity contribution in [2.75, 3.05) is 5.32 Å². The van der Waals surface area contributed by atoms with Crippen molar-refractivity contribution < 1.29 is 13.6 Å². The maximum atomic E-state index is 13.7. The fourth-order valence-corrected chi connectivity index (χ4v) is 2.42. The van der Waals surface area contributed by atoms with Crippen LogP contribution in [-0.4, -0.2) is 15.9 Å². The standard InChI is InChI=1S/C15H11F2N3OS/c1-7-2-3-10(17)11(4-7)18-14(21)9-5-8(16)6-12-13(9)20-15(22)19-12/h2-6H,1H3,(H,18,21)(H2,19,20,22). The van der Waals surface area contributed by atoms with Gasteiger partial charge in [-0.05, 0) is 49.0 Å². The van der Waals surface area contributed by atoms with Crippen LogP contribution in [0.2, 0.25) is 0 Å². The molecule has 1 amide bonds. The number of fused-ring (bicyclic) bond motifs is 1. The summed E-state index contributed by atoms with van der Waals surface area (Å²) < 4.78 is 27.6. The zero-order valence-corrected chi connectivity index (χ0v) is 12.3. The molecule has 0 saturated heterocycles. The fourth-order valence-electron chi connectivity index (χ4n) is 2.21. The minimum Gasteiger partial charge on any atom is -0.331 e. The largest absolute Gasteiger partial charge is 0.331 e. The normalized spacial score (nSPS) is 10.9. The Bertz CT molecular complexity index is 946. The molecule has 0 spiro atoms. The molecule has 1 aromatic heterocycles. The second kappa shape index (κ2) is 5.34. The predicted molar refractivity (Wildman–Crippen MR) is 82.5 cm³/mol. The van der Waals surface area contributed by atoms with Crippen LogP contribution in [0, 0.1) is 23.3 Å². The molecule has 1 heterocycles. The van der Waals surface area contributed by atoms with Crippen LogP contribution in [0.4, 0.5) is 14.5 Å². The minimum absolute atomic E-state index is 0.0385. The molecule has 0 aliphatic carbocycles. The summed E-state index contributed by atoms with van der Waals surface area (Å²) >= 11 is 4.94. The van der Waals surface area contributed by atoms with Crippen molar-refractivity contribution in [2.45, 2.75) is 6.92 Å². The summed E-state index contributed by atoms with van der Waals surface area (Å²) in [5.41, 5.74) is 1.62. The highest BCUT2D eigenvalue weighted by Crippen LogP contribution is 2.21. The maximum absolute atomic E-state index is 13.7. The van der Waals surface area contributed by atoms with Crippen LogP contribution in [0.5, 0.6) is 0 Å². The number of amides is 1. The highest BCUT2D eigenvalue weighted by atomic mass is 32.1. The molecule has 0 fully saturated rings. The lowest BCUT2D eigenvalue weighted by atomic mass is 10.1. The second-order valence-corrected chi connectivity index (χ2v) is 5.30. The Balaban J connectivity index is 2.05. The van der Waals surface area contributed by atoms with Crippen LogP contribution in [0.1, 0.15) is 15.9 Å². The van der Waals surface area contributed by atoms with Gasteiger partial charge in [0.15, 0.2) is 4.77 Å². The van der Waals surface area contributed by atoms with E-state index in [9.17, 15) is 13.6 Å². The number of imidazole rings is 1. The molecule has 3 N–H and O–H groups in total. The third kappa shape index (κ3) is 2.62. The summed E-state index contributed by atoms with van der Waals surface area (Å²) in [5.74, 6) is -1.78. The first-order valence-electron chi connectivity index (χ1n) is 6.43. The van der Waals surface area contributed by atoms with Gasteiger partial charge in [-0.3, -0.25) is 4.79 Å². The molecule has 0 atom stereocenters. The Labute approximate surface area is 129 Å². The lowest BCUT2D eigenvalue weighted by Gasteiger charge is -2.08. The molecule has 0 bridgehead atoms. The van der Waals surface area contributed by atoms with Crippen molar-refractivity contribution in [1.29, 1.82) is 0 Å². The number of aromatic amines is 2. The molecule has 0 unspecified atom stereocenters. The van der Waals surface area contributed by atoms with Gasteiger partial charge in [-0.15, -0.1) is 0 Å². The minimum atomic E-state index is -0.626. The lowest BCUT2D eigenvalue weighted by molar-refractivity contribution is 0.102. The van der Waals surface area contributed by atoms with E-state index in [0.717, 1.165) is 11.6 Å². The van der Waals surface area contributed by atoms with E-state index in [2.05, 4.69) is 15.3 Å².